The van der Waals surface area contributed by atoms with Crippen LogP contribution < -0.4 is 5.32 Å². The Morgan fingerprint density at radius 2 is 2.00 bits per heavy atom. The number of hydrogen-bond donors (Lipinski definition) is 1. The lowest BCUT2D eigenvalue weighted by atomic mass is 10.3. The van der Waals surface area contributed by atoms with E-state index in [1.54, 1.807) is 4.68 Å². The van der Waals surface area contributed by atoms with Gasteiger partial charge in [-0.3, -0.25) is 4.40 Å². The molecule has 0 atom stereocenters. The third kappa shape index (κ3) is 2.92. The quantitative estimate of drug-likeness (QED) is 0.760. The molecule has 21 heavy (non-hydrogen) atoms. The molecule has 7 heteroatoms. The van der Waals surface area contributed by atoms with Crippen LogP contribution in [0.25, 0.3) is 5.78 Å². The van der Waals surface area contributed by atoms with Crippen molar-refractivity contribution >= 4 is 5.78 Å². The molecule has 0 fully saturated rings. The first kappa shape index (κ1) is 13.7. The third-order valence-corrected chi connectivity index (χ3v) is 3.28. The van der Waals surface area contributed by atoms with Crippen LogP contribution in [0.2, 0.25) is 0 Å². The van der Waals surface area contributed by atoms with E-state index in [-0.39, 0.29) is 0 Å². The van der Waals surface area contributed by atoms with Gasteiger partial charge in [-0.1, -0.05) is 12.1 Å². The van der Waals surface area contributed by atoms with E-state index < -0.39 is 0 Å². The van der Waals surface area contributed by atoms with Gasteiger partial charge in [-0.05, 0) is 26.5 Å². The largest absolute Gasteiger partial charge is 0.311 e. The van der Waals surface area contributed by atoms with Crippen molar-refractivity contribution in [2.75, 3.05) is 6.54 Å². The Morgan fingerprint density at radius 1 is 1.14 bits per heavy atom. The SMILES string of the molecule is CCNCc1cn(Cc2cn3c(C)cc(C)nc3n2)nn1. The molecule has 7 nitrogen and oxygen atoms in total. The highest BCUT2D eigenvalue weighted by Gasteiger charge is 2.07. The number of fused-ring (bicyclic) bond motifs is 1. The fourth-order valence-corrected chi connectivity index (χ4v) is 2.31. The Morgan fingerprint density at radius 3 is 2.81 bits per heavy atom. The van der Waals surface area contributed by atoms with Crippen LogP contribution in [0.3, 0.4) is 0 Å². The normalized spacial score (nSPS) is 11.4. The number of aryl methyl sites for hydroxylation is 2. The molecule has 0 bridgehead atoms. The summed E-state index contributed by atoms with van der Waals surface area (Å²) in [4.78, 5) is 8.99. The lowest BCUT2D eigenvalue weighted by Crippen LogP contribution is -2.11. The number of nitrogens with zero attached hydrogens (tertiary/aromatic N) is 6. The first-order valence-corrected chi connectivity index (χ1v) is 7.07. The van der Waals surface area contributed by atoms with Gasteiger partial charge in [0.15, 0.2) is 0 Å². The summed E-state index contributed by atoms with van der Waals surface area (Å²) in [6.45, 7) is 8.35. The summed E-state index contributed by atoms with van der Waals surface area (Å²) in [5.74, 6) is 0.732. The van der Waals surface area contributed by atoms with Gasteiger partial charge in [0.25, 0.3) is 0 Å². The highest BCUT2D eigenvalue weighted by molar-refractivity contribution is 5.34. The van der Waals surface area contributed by atoms with Crippen molar-refractivity contribution in [2.45, 2.75) is 33.9 Å². The van der Waals surface area contributed by atoms with Crippen LogP contribution >= 0.6 is 0 Å². The van der Waals surface area contributed by atoms with Gasteiger partial charge < -0.3 is 5.32 Å². The average molecular weight is 285 g/mol. The minimum Gasteiger partial charge on any atom is -0.311 e. The number of rotatable bonds is 5. The second-order valence-electron chi connectivity index (χ2n) is 5.13. The van der Waals surface area contributed by atoms with Crippen LogP contribution in [-0.4, -0.2) is 35.9 Å². The number of aromatic nitrogens is 6. The molecule has 3 heterocycles. The maximum Gasteiger partial charge on any atom is 0.234 e. The van der Waals surface area contributed by atoms with E-state index in [9.17, 15) is 0 Å². The Labute approximate surface area is 123 Å². The zero-order chi connectivity index (χ0) is 14.8. The lowest BCUT2D eigenvalue weighted by Gasteiger charge is -1.98. The van der Waals surface area contributed by atoms with Crippen molar-refractivity contribution in [3.8, 4) is 0 Å². The van der Waals surface area contributed by atoms with E-state index in [1.807, 2.05) is 29.8 Å². The van der Waals surface area contributed by atoms with E-state index in [2.05, 4.69) is 39.4 Å². The number of hydrogen-bond acceptors (Lipinski definition) is 5. The summed E-state index contributed by atoms with van der Waals surface area (Å²) in [6.07, 6.45) is 3.95. The van der Waals surface area contributed by atoms with Crippen molar-refractivity contribution in [1.29, 1.82) is 0 Å². The summed E-state index contributed by atoms with van der Waals surface area (Å²) >= 11 is 0. The van der Waals surface area contributed by atoms with E-state index in [1.165, 1.54) is 0 Å². The van der Waals surface area contributed by atoms with Gasteiger partial charge in [-0.2, -0.15) is 0 Å². The molecule has 0 aliphatic carbocycles. The Kier molecular flexibility index (Phi) is 3.66. The molecular formula is C14H19N7. The molecule has 1 N–H and O–H groups in total. The van der Waals surface area contributed by atoms with Gasteiger partial charge in [-0.15, -0.1) is 5.10 Å². The number of imidazole rings is 1. The molecule has 0 radical (unpaired) electrons. The van der Waals surface area contributed by atoms with E-state index >= 15 is 0 Å². The highest BCUT2D eigenvalue weighted by Crippen LogP contribution is 2.09. The minimum absolute atomic E-state index is 0.598. The predicted octanol–water partition coefficient (Wildman–Crippen LogP) is 1.10. The summed E-state index contributed by atoms with van der Waals surface area (Å²) < 4.78 is 3.80. The van der Waals surface area contributed by atoms with Gasteiger partial charge in [0.05, 0.1) is 24.1 Å². The molecule has 110 valence electrons. The molecule has 0 aromatic carbocycles. The fraction of sp³-hybridized carbons (Fsp3) is 0.429. The summed E-state index contributed by atoms with van der Waals surface area (Å²) in [5.41, 5.74) is 3.97. The van der Waals surface area contributed by atoms with Crippen LogP contribution in [0.15, 0.2) is 18.5 Å². The average Bonchev–Trinajstić information content (AvgIpc) is 3.03. The Balaban J connectivity index is 1.81. The maximum atomic E-state index is 4.55. The first-order chi connectivity index (χ1) is 10.2. The van der Waals surface area contributed by atoms with Gasteiger partial charge in [0, 0.05) is 24.1 Å². The Bertz CT molecular complexity index is 756. The number of nitrogens with one attached hydrogen (secondary N) is 1. The highest BCUT2D eigenvalue weighted by atomic mass is 15.4. The molecule has 0 saturated carbocycles. The molecule has 3 rings (SSSR count). The molecule has 0 spiro atoms. The third-order valence-electron chi connectivity index (χ3n) is 3.28. The molecule has 0 saturated heterocycles. The van der Waals surface area contributed by atoms with Crippen molar-refractivity contribution in [2.24, 2.45) is 0 Å². The Hall–Kier alpha value is -2.28. The molecule has 3 aromatic heterocycles. The van der Waals surface area contributed by atoms with Gasteiger partial charge >= 0.3 is 0 Å². The molecule has 3 aromatic rings. The maximum absolute atomic E-state index is 4.55. The monoisotopic (exact) mass is 285 g/mol. The van der Waals surface area contributed by atoms with Gasteiger partial charge in [0.1, 0.15) is 0 Å². The zero-order valence-electron chi connectivity index (χ0n) is 12.5. The predicted molar refractivity (Wildman–Crippen MR) is 79.0 cm³/mol. The van der Waals surface area contributed by atoms with Gasteiger partial charge in [-0.25, -0.2) is 14.6 Å². The van der Waals surface area contributed by atoms with Crippen LogP contribution in [0, 0.1) is 13.8 Å². The van der Waals surface area contributed by atoms with Crippen LogP contribution in [0.1, 0.15) is 29.7 Å². The van der Waals surface area contributed by atoms with Crippen LogP contribution in [0.5, 0.6) is 0 Å². The van der Waals surface area contributed by atoms with Crippen molar-refractivity contribution < 1.29 is 0 Å². The summed E-state index contributed by atoms with van der Waals surface area (Å²) in [7, 11) is 0. The van der Waals surface area contributed by atoms with E-state index in [4.69, 9.17) is 0 Å². The summed E-state index contributed by atoms with van der Waals surface area (Å²) in [5, 5.41) is 11.5. The van der Waals surface area contributed by atoms with Gasteiger partial charge in [0.2, 0.25) is 5.78 Å². The second-order valence-corrected chi connectivity index (χ2v) is 5.13. The van der Waals surface area contributed by atoms with Crippen LogP contribution in [0.4, 0.5) is 0 Å². The fourth-order valence-electron chi connectivity index (χ4n) is 2.31. The molecule has 0 aliphatic rings. The standard InChI is InChI=1S/C14H19N7/c1-4-15-6-12-7-20(19-18-12)8-13-9-21-11(3)5-10(2)16-14(21)17-13/h5,7,9,15H,4,6,8H2,1-3H3. The second kappa shape index (κ2) is 5.61. The lowest BCUT2D eigenvalue weighted by molar-refractivity contribution is 0.639. The first-order valence-electron chi connectivity index (χ1n) is 7.07. The minimum atomic E-state index is 0.598. The topological polar surface area (TPSA) is 72.9 Å². The molecule has 0 unspecified atom stereocenters. The van der Waals surface area contributed by atoms with Crippen molar-refractivity contribution in [3.05, 3.63) is 41.2 Å². The van der Waals surface area contributed by atoms with E-state index in [0.29, 0.717) is 6.54 Å². The smallest absolute Gasteiger partial charge is 0.234 e. The molecule has 0 amide bonds. The summed E-state index contributed by atoms with van der Waals surface area (Å²) in [6, 6.07) is 2.04. The molecule has 0 aliphatic heterocycles. The zero-order valence-corrected chi connectivity index (χ0v) is 12.5. The molecular weight excluding hydrogens is 266 g/mol. The van der Waals surface area contributed by atoms with Crippen molar-refractivity contribution in [1.82, 2.24) is 34.7 Å². The van der Waals surface area contributed by atoms with Crippen molar-refractivity contribution in [3.63, 3.8) is 0 Å². The van der Waals surface area contributed by atoms with Crippen LogP contribution in [-0.2, 0) is 13.1 Å². The van der Waals surface area contributed by atoms with E-state index in [0.717, 1.165) is 41.6 Å².